The third-order valence-electron chi connectivity index (χ3n) is 3.31. The average Bonchev–Trinajstić information content (AvgIpc) is 2.55. The Hall–Kier alpha value is -2.58. The first-order valence-electron chi connectivity index (χ1n) is 7.04. The van der Waals surface area contributed by atoms with Gasteiger partial charge in [0.2, 0.25) is 0 Å². The maximum absolute atomic E-state index is 11.9. The molecule has 0 aromatic heterocycles. The van der Waals surface area contributed by atoms with Crippen LogP contribution in [0, 0.1) is 0 Å². The highest BCUT2D eigenvalue weighted by atomic mass is 32.2. The van der Waals surface area contributed by atoms with Gasteiger partial charge in [0.1, 0.15) is 11.5 Å². The number of hydrogen-bond acceptors (Lipinski definition) is 5. The molecule has 24 heavy (non-hydrogen) atoms. The standard InChI is InChI=1S/C16H19N3O4S/c1-19(2)24(21,22)18-14-8-4-6-12(10-14)16(17-20)13-7-5-9-15(11-13)23-3/h4-11,18,20H,1-3H3/b17-16+. The van der Waals surface area contributed by atoms with E-state index in [1.165, 1.54) is 14.1 Å². The molecule has 0 heterocycles. The molecule has 0 saturated carbocycles. The van der Waals surface area contributed by atoms with Crippen molar-refractivity contribution >= 4 is 21.6 Å². The monoisotopic (exact) mass is 349 g/mol. The second-order valence-electron chi connectivity index (χ2n) is 5.15. The van der Waals surface area contributed by atoms with E-state index in [4.69, 9.17) is 4.74 Å². The molecule has 0 saturated heterocycles. The van der Waals surface area contributed by atoms with Crippen molar-refractivity contribution in [2.24, 2.45) is 5.16 Å². The van der Waals surface area contributed by atoms with Crippen molar-refractivity contribution in [2.75, 3.05) is 25.9 Å². The second-order valence-corrected chi connectivity index (χ2v) is 7.04. The normalized spacial score (nSPS) is 12.2. The number of rotatable bonds is 6. The van der Waals surface area contributed by atoms with Crippen LogP contribution in [0.25, 0.3) is 0 Å². The van der Waals surface area contributed by atoms with Gasteiger partial charge in [0.05, 0.1) is 12.8 Å². The molecule has 0 amide bonds. The molecule has 0 aliphatic rings. The molecule has 0 unspecified atom stereocenters. The highest BCUT2D eigenvalue weighted by molar-refractivity contribution is 7.90. The van der Waals surface area contributed by atoms with E-state index in [-0.39, 0.29) is 0 Å². The molecular weight excluding hydrogens is 330 g/mol. The number of benzene rings is 2. The molecule has 0 aliphatic carbocycles. The van der Waals surface area contributed by atoms with Crippen molar-refractivity contribution in [3.05, 3.63) is 59.7 Å². The van der Waals surface area contributed by atoms with Gasteiger partial charge in [-0.1, -0.05) is 29.4 Å². The molecule has 0 fully saturated rings. The minimum atomic E-state index is -3.61. The van der Waals surface area contributed by atoms with Gasteiger partial charge in [-0.15, -0.1) is 0 Å². The van der Waals surface area contributed by atoms with Gasteiger partial charge < -0.3 is 9.94 Å². The van der Waals surface area contributed by atoms with E-state index in [0.717, 1.165) is 4.31 Å². The third-order valence-corrected chi connectivity index (χ3v) is 4.76. The van der Waals surface area contributed by atoms with Crippen LogP contribution in [-0.2, 0) is 10.2 Å². The number of oxime groups is 1. The van der Waals surface area contributed by atoms with Crippen LogP contribution < -0.4 is 9.46 Å². The quantitative estimate of drug-likeness (QED) is 0.475. The number of hydrogen-bond donors (Lipinski definition) is 2. The van der Waals surface area contributed by atoms with Crippen molar-refractivity contribution in [2.45, 2.75) is 0 Å². The minimum absolute atomic E-state index is 0.305. The van der Waals surface area contributed by atoms with Crippen LogP contribution in [0.4, 0.5) is 5.69 Å². The van der Waals surface area contributed by atoms with Gasteiger partial charge in [0.25, 0.3) is 0 Å². The first kappa shape index (κ1) is 17.8. The Bertz CT molecular complexity index is 848. The number of nitrogens with one attached hydrogen (secondary N) is 1. The molecule has 0 bridgehead atoms. The van der Waals surface area contributed by atoms with Crippen LogP contribution in [0.1, 0.15) is 11.1 Å². The third kappa shape index (κ3) is 4.03. The van der Waals surface area contributed by atoms with Crippen molar-refractivity contribution in [1.82, 2.24) is 4.31 Å². The molecule has 2 aromatic carbocycles. The lowest BCUT2D eigenvalue weighted by molar-refractivity contribution is 0.319. The lowest BCUT2D eigenvalue weighted by atomic mass is 10.0. The van der Waals surface area contributed by atoms with Crippen LogP contribution in [0.3, 0.4) is 0 Å². The Balaban J connectivity index is 2.39. The van der Waals surface area contributed by atoms with Crippen LogP contribution in [-0.4, -0.2) is 44.8 Å². The van der Waals surface area contributed by atoms with Crippen molar-refractivity contribution in [3.8, 4) is 5.75 Å². The minimum Gasteiger partial charge on any atom is -0.497 e. The molecule has 0 radical (unpaired) electrons. The SMILES string of the molecule is COc1cccc(/C(=N/O)c2cccc(NS(=O)(=O)N(C)C)c2)c1. The van der Waals surface area contributed by atoms with Crippen LogP contribution in [0.2, 0.25) is 0 Å². The van der Waals surface area contributed by atoms with E-state index < -0.39 is 10.2 Å². The Morgan fingerprint density at radius 2 is 1.75 bits per heavy atom. The molecule has 2 aromatic rings. The van der Waals surface area contributed by atoms with E-state index in [9.17, 15) is 13.6 Å². The summed E-state index contributed by atoms with van der Waals surface area (Å²) in [6.07, 6.45) is 0. The molecule has 8 heteroatoms. The Labute approximate surface area is 141 Å². The summed E-state index contributed by atoms with van der Waals surface area (Å²) in [6, 6.07) is 13.7. The van der Waals surface area contributed by atoms with Crippen molar-refractivity contribution < 1.29 is 18.4 Å². The van der Waals surface area contributed by atoms with Gasteiger partial charge >= 0.3 is 10.2 Å². The van der Waals surface area contributed by atoms with Gasteiger partial charge in [0.15, 0.2) is 0 Å². The van der Waals surface area contributed by atoms with E-state index in [1.54, 1.807) is 55.6 Å². The summed E-state index contributed by atoms with van der Waals surface area (Å²) in [5, 5.41) is 12.8. The molecule has 0 atom stereocenters. The molecule has 128 valence electrons. The highest BCUT2D eigenvalue weighted by Gasteiger charge is 2.15. The zero-order chi connectivity index (χ0) is 17.7. The van der Waals surface area contributed by atoms with Crippen molar-refractivity contribution in [1.29, 1.82) is 0 Å². The van der Waals surface area contributed by atoms with Crippen LogP contribution in [0.15, 0.2) is 53.7 Å². The lowest BCUT2D eigenvalue weighted by Crippen LogP contribution is -2.29. The number of anilines is 1. The summed E-state index contributed by atoms with van der Waals surface area (Å²) in [5.41, 5.74) is 1.87. The zero-order valence-electron chi connectivity index (χ0n) is 13.6. The van der Waals surface area contributed by atoms with Gasteiger partial charge in [-0.3, -0.25) is 4.72 Å². The Kier molecular flexibility index (Phi) is 5.42. The summed E-state index contributed by atoms with van der Waals surface area (Å²) in [5.74, 6) is 0.623. The first-order chi connectivity index (χ1) is 11.4. The number of ether oxygens (including phenoxy) is 1. The Morgan fingerprint density at radius 3 is 2.33 bits per heavy atom. The van der Waals surface area contributed by atoms with Crippen LogP contribution in [0.5, 0.6) is 5.75 Å². The average molecular weight is 349 g/mol. The predicted molar refractivity (Wildman–Crippen MR) is 93.1 cm³/mol. The number of nitrogens with zero attached hydrogens (tertiary/aromatic N) is 2. The summed E-state index contributed by atoms with van der Waals surface area (Å²) >= 11 is 0. The van der Waals surface area contributed by atoms with E-state index in [2.05, 4.69) is 9.88 Å². The summed E-state index contributed by atoms with van der Waals surface area (Å²) in [7, 11) is 0.800. The highest BCUT2D eigenvalue weighted by Crippen LogP contribution is 2.20. The summed E-state index contributed by atoms with van der Waals surface area (Å²) in [4.78, 5) is 0. The number of methoxy groups -OCH3 is 1. The van der Waals surface area contributed by atoms with Gasteiger partial charge in [-0.05, 0) is 24.3 Å². The van der Waals surface area contributed by atoms with E-state index in [1.807, 2.05) is 0 Å². The van der Waals surface area contributed by atoms with Gasteiger partial charge in [0, 0.05) is 25.2 Å². The fourth-order valence-electron chi connectivity index (χ4n) is 2.02. The fraction of sp³-hybridized carbons (Fsp3) is 0.188. The second kappa shape index (κ2) is 7.33. The fourth-order valence-corrected chi connectivity index (χ4v) is 2.63. The lowest BCUT2D eigenvalue weighted by Gasteiger charge is -2.14. The maximum Gasteiger partial charge on any atom is 0.301 e. The topological polar surface area (TPSA) is 91.2 Å². The maximum atomic E-state index is 11.9. The zero-order valence-corrected chi connectivity index (χ0v) is 14.4. The molecule has 2 N–H and O–H groups in total. The molecule has 0 aliphatic heterocycles. The molecule has 7 nitrogen and oxygen atoms in total. The van der Waals surface area contributed by atoms with Crippen LogP contribution >= 0.6 is 0 Å². The molecule has 2 rings (SSSR count). The summed E-state index contributed by atoms with van der Waals surface area (Å²) < 4.78 is 32.5. The summed E-state index contributed by atoms with van der Waals surface area (Å²) in [6.45, 7) is 0. The van der Waals surface area contributed by atoms with Crippen molar-refractivity contribution in [3.63, 3.8) is 0 Å². The Morgan fingerprint density at radius 1 is 1.12 bits per heavy atom. The van der Waals surface area contributed by atoms with E-state index >= 15 is 0 Å². The molecule has 0 spiro atoms. The van der Waals surface area contributed by atoms with Gasteiger partial charge in [-0.25, -0.2) is 0 Å². The predicted octanol–water partition coefficient (Wildman–Crippen LogP) is 2.14. The smallest absolute Gasteiger partial charge is 0.301 e. The first-order valence-corrected chi connectivity index (χ1v) is 8.48. The van der Waals surface area contributed by atoms with Gasteiger partial charge in [-0.2, -0.15) is 12.7 Å². The van der Waals surface area contributed by atoms with E-state index in [0.29, 0.717) is 28.3 Å². The molecular formula is C16H19N3O4S. The largest absolute Gasteiger partial charge is 0.497 e.